The number of allylic oxidation sites excluding steroid dienone is 2. The summed E-state index contributed by atoms with van der Waals surface area (Å²) in [5, 5.41) is 11.6. The van der Waals surface area contributed by atoms with Crippen LogP contribution in [0.3, 0.4) is 0 Å². The van der Waals surface area contributed by atoms with Gasteiger partial charge in [-0.3, -0.25) is 4.79 Å². The largest absolute Gasteiger partial charge is 0.481 e. The van der Waals surface area contributed by atoms with Crippen LogP contribution in [0.15, 0.2) is 12.2 Å². The predicted octanol–water partition coefficient (Wildman–Crippen LogP) is 2.39. The van der Waals surface area contributed by atoms with Gasteiger partial charge in [0.15, 0.2) is 0 Å². The van der Waals surface area contributed by atoms with E-state index in [9.17, 15) is 9.90 Å². The van der Waals surface area contributed by atoms with Gasteiger partial charge in [-0.25, -0.2) is 0 Å². The lowest BCUT2D eigenvalue weighted by atomic mass is 10.0. The number of hydrogen-bond donors (Lipinski definition) is 1. The average Bonchev–Trinajstić information content (AvgIpc) is 2.76. The van der Waals surface area contributed by atoms with Gasteiger partial charge in [-0.15, -0.1) is 0 Å². The first-order valence-electron chi connectivity index (χ1n) is 7.94. The van der Waals surface area contributed by atoms with Gasteiger partial charge in [0.25, 0.3) is 0 Å². The molecule has 1 aliphatic heterocycles. The average molecular weight is 287 g/mol. The highest BCUT2D eigenvalue weighted by Crippen LogP contribution is 2.15. The van der Waals surface area contributed by atoms with E-state index in [0.29, 0.717) is 0 Å². The molecule has 21 heavy (non-hydrogen) atoms. The Morgan fingerprint density at radius 1 is 1.38 bits per heavy atom. The van der Waals surface area contributed by atoms with Crippen molar-refractivity contribution in [2.75, 3.05) is 0 Å². The highest BCUT2D eigenvalue weighted by molar-refractivity contribution is 5.71. The van der Waals surface area contributed by atoms with E-state index in [1.165, 1.54) is 17.5 Å². The Bertz CT molecular complexity index is 650. The fourth-order valence-corrected chi connectivity index (χ4v) is 3.10. The molecular weight excluding hydrogens is 262 g/mol. The highest BCUT2D eigenvalue weighted by atomic mass is 16.4. The van der Waals surface area contributed by atoms with E-state index in [2.05, 4.69) is 23.6 Å². The van der Waals surface area contributed by atoms with Crippen molar-refractivity contribution in [3.8, 4) is 0 Å². The van der Waals surface area contributed by atoms with Crippen molar-refractivity contribution in [3.63, 3.8) is 0 Å². The van der Waals surface area contributed by atoms with Crippen LogP contribution in [-0.2, 0) is 24.2 Å². The van der Waals surface area contributed by atoms with Gasteiger partial charge in [-0.05, 0) is 38.2 Å². The lowest BCUT2D eigenvalue weighted by Gasteiger charge is -2.16. The van der Waals surface area contributed by atoms with Crippen LogP contribution in [-0.4, -0.2) is 15.6 Å². The molecule has 0 saturated carbocycles. The Kier molecular flexibility index (Phi) is 5.43. The first-order chi connectivity index (χ1) is 10.2. The van der Waals surface area contributed by atoms with Crippen molar-refractivity contribution in [2.24, 2.45) is 0 Å². The molecule has 0 bridgehead atoms. The fourth-order valence-electron chi connectivity index (χ4n) is 3.10. The summed E-state index contributed by atoms with van der Waals surface area (Å²) in [6, 6.07) is 0. The van der Waals surface area contributed by atoms with E-state index in [1.54, 1.807) is 0 Å². The molecule has 0 saturated heterocycles. The molecule has 1 aliphatic rings. The first-order valence-corrected chi connectivity index (χ1v) is 7.94. The van der Waals surface area contributed by atoms with Gasteiger partial charge in [-0.1, -0.05) is 37.6 Å². The predicted molar refractivity (Wildman–Crippen MR) is 86.6 cm³/mol. The third-order valence-electron chi connectivity index (χ3n) is 4.02. The Balaban J connectivity index is 2.72. The lowest BCUT2D eigenvalue weighted by Crippen LogP contribution is -2.31. The summed E-state index contributed by atoms with van der Waals surface area (Å²) in [6.07, 6.45) is 14.0. The van der Waals surface area contributed by atoms with Crippen molar-refractivity contribution >= 4 is 18.1 Å². The van der Waals surface area contributed by atoms with Crippen LogP contribution in [0.2, 0.25) is 0 Å². The standard InChI is InChI=1S/C18H25NO2/c1-3-5-9-14-15(13-18(20)21)17-11-7-8-12-19(17)16(14)10-6-4-2/h3,5,9-10H,4,6-8,11-13H2,1-2H3,(H,20,21)/b5-3-,14-9-,16-10-. The zero-order valence-corrected chi connectivity index (χ0v) is 13.1. The second-order valence-corrected chi connectivity index (χ2v) is 5.59. The van der Waals surface area contributed by atoms with Crippen molar-refractivity contribution < 1.29 is 9.90 Å². The summed E-state index contributed by atoms with van der Waals surface area (Å²) < 4.78 is 2.35. The van der Waals surface area contributed by atoms with Gasteiger partial charge < -0.3 is 9.67 Å². The molecule has 1 N–H and O–H groups in total. The summed E-state index contributed by atoms with van der Waals surface area (Å²) >= 11 is 0. The normalized spacial score (nSPS) is 16.7. The van der Waals surface area contributed by atoms with E-state index in [0.717, 1.165) is 43.0 Å². The molecular formula is C18H25NO2. The van der Waals surface area contributed by atoms with Crippen LogP contribution in [0, 0.1) is 0 Å². The molecule has 0 atom stereocenters. The number of aromatic nitrogens is 1. The minimum atomic E-state index is -0.744. The van der Waals surface area contributed by atoms with Gasteiger partial charge in [0.1, 0.15) is 0 Å². The number of nitrogens with zero attached hydrogens (tertiary/aromatic N) is 1. The number of rotatable bonds is 5. The molecule has 0 aromatic carbocycles. The molecule has 0 aliphatic carbocycles. The summed E-state index contributed by atoms with van der Waals surface area (Å²) in [5.74, 6) is -0.744. The molecule has 3 heteroatoms. The summed E-state index contributed by atoms with van der Waals surface area (Å²) in [7, 11) is 0. The molecule has 0 spiro atoms. The quantitative estimate of drug-likeness (QED) is 0.903. The highest BCUT2D eigenvalue weighted by Gasteiger charge is 2.19. The van der Waals surface area contributed by atoms with Gasteiger partial charge in [0, 0.05) is 22.8 Å². The smallest absolute Gasteiger partial charge is 0.307 e. The van der Waals surface area contributed by atoms with Crippen molar-refractivity contribution in [1.82, 2.24) is 4.57 Å². The van der Waals surface area contributed by atoms with Gasteiger partial charge in [0.2, 0.25) is 0 Å². The van der Waals surface area contributed by atoms with Crippen LogP contribution >= 0.6 is 0 Å². The monoisotopic (exact) mass is 287 g/mol. The van der Waals surface area contributed by atoms with E-state index < -0.39 is 5.97 Å². The topological polar surface area (TPSA) is 42.2 Å². The third kappa shape index (κ3) is 3.46. The zero-order chi connectivity index (χ0) is 15.2. The molecule has 0 unspecified atom stereocenters. The van der Waals surface area contributed by atoms with Crippen LogP contribution in [0.4, 0.5) is 0 Å². The summed E-state index contributed by atoms with van der Waals surface area (Å²) in [4.78, 5) is 11.3. The molecule has 2 rings (SSSR count). The minimum absolute atomic E-state index is 0.124. The van der Waals surface area contributed by atoms with Crippen LogP contribution < -0.4 is 10.6 Å². The second-order valence-electron chi connectivity index (χ2n) is 5.59. The zero-order valence-electron chi connectivity index (χ0n) is 13.1. The maximum Gasteiger partial charge on any atom is 0.307 e. The number of hydrogen-bond acceptors (Lipinski definition) is 1. The lowest BCUT2D eigenvalue weighted by molar-refractivity contribution is -0.136. The van der Waals surface area contributed by atoms with Crippen molar-refractivity contribution in [1.29, 1.82) is 0 Å². The number of fused-ring (bicyclic) bond motifs is 1. The number of carboxylic acids is 1. The minimum Gasteiger partial charge on any atom is -0.481 e. The third-order valence-corrected chi connectivity index (χ3v) is 4.02. The van der Waals surface area contributed by atoms with Crippen LogP contribution in [0.1, 0.15) is 50.8 Å². The summed E-state index contributed by atoms with van der Waals surface area (Å²) in [5.41, 5.74) is 2.25. The Hall–Kier alpha value is -1.77. The summed E-state index contributed by atoms with van der Waals surface area (Å²) in [6.45, 7) is 5.17. The number of aliphatic carboxylic acids is 1. The molecule has 1 aromatic heterocycles. The molecule has 3 nitrogen and oxygen atoms in total. The maximum absolute atomic E-state index is 11.3. The number of unbranched alkanes of at least 4 members (excludes halogenated alkanes) is 1. The Labute approximate surface area is 126 Å². The Morgan fingerprint density at radius 3 is 2.86 bits per heavy atom. The van der Waals surface area contributed by atoms with E-state index in [1.807, 2.05) is 19.1 Å². The van der Waals surface area contributed by atoms with Gasteiger partial charge >= 0.3 is 5.97 Å². The second kappa shape index (κ2) is 7.30. The van der Waals surface area contributed by atoms with E-state index in [-0.39, 0.29) is 6.42 Å². The Morgan fingerprint density at radius 2 is 2.19 bits per heavy atom. The molecule has 0 radical (unpaired) electrons. The molecule has 2 heterocycles. The SMILES string of the molecule is C\C=C/C=c1/c(CC(=O)O)c2n(/c1=C\CCC)CCCC2. The van der Waals surface area contributed by atoms with Crippen molar-refractivity contribution in [2.45, 2.75) is 58.9 Å². The number of carboxylic acid groups (broad SMARTS) is 1. The molecule has 1 aromatic rings. The fraction of sp³-hybridized carbons (Fsp3) is 0.500. The van der Waals surface area contributed by atoms with Crippen molar-refractivity contribution in [3.05, 3.63) is 34.0 Å². The first kappa shape index (κ1) is 15.6. The molecule has 0 amide bonds. The van der Waals surface area contributed by atoms with Gasteiger partial charge in [0.05, 0.1) is 6.42 Å². The van der Waals surface area contributed by atoms with Crippen LogP contribution in [0.25, 0.3) is 12.2 Å². The maximum atomic E-state index is 11.3. The number of carbonyl (C=O) groups is 1. The van der Waals surface area contributed by atoms with E-state index in [4.69, 9.17) is 0 Å². The van der Waals surface area contributed by atoms with Gasteiger partial charge in [-0.2, -0.15) is 0 Å². The molecule has 0 fully saturated rings. The van der Waals surface area contributed by atoms with E-state index >= 15 is 0 Å². The molecule has 114 valence electrons. The van der Waals surface area contributed by atoms with Crippen LogP contribution in [0.5, 0.6) is 0 Å².